The Morgan fingerprint density at radius 3 is 2.90 bits per heavy atom. The minimum atomic E-state index is -0.127. The smallest absolute Gasteiger partial charge is 0.123 e. The van der Waals surface area contributed by atoms with Crippen molar-refractivity contribution in [2.24, 2.45) is 5.92 Å². The fourth-order valence-electron chi connectivity index (χ4n) is 4.06. The van der Waals surface area contributed by atoms with Crippen molar-refractivity contribution in [3.63, 3.8) is 0 Å². The first-order chi connectivity index (χ1) is 10.3. The molecular weight excluding hydrogens is 263 g/mol. The molecule has 0 amide bonds. The SMILES string of the molecule is Fc1cccc(CCNC2CCCC2C2CCCCN2)c1. The lowest BCUT2D eigenvalue weighted by molar-refractivity contribution is 0.258. The lowest BCUT2D eigenvalue weighted by Crippen LogP contribution is -2.47. The van der Waals surface area contributed by atoms with E-state index in [1.807, 2.05) is 6.07 Å². The van der Waals surface area contributed by atoms with Gasteiger partial charge in [-0.05, 0) is 68.8 Å². The summed E-state index contributed by atoms with van der Waals surface area (Å²) in [7, 11) is 0. The predicted octanol–water partition coefficient (Wildman–Crippen LogP) is 3.27. The predicted molar refractivity (Wildman–Crippen MR) is 84.9 cm³/mol. The molecule has 3 heteroatoms. The largest absolute Gasteiger partial charge is 0.314 e. The summed E-state index contributed by atoms with van der Waals surface area (Å²) in [6.45, 7) is 2.15. The van der Waals surface area contributed by atoms with Crippen LogP contribution in [0.1, 0.15) is 44.1 Å². The number of rotatable bonds is 5. The average Bonchev–Trinajstić information content (AvgIpc) is 2.97. The zero-order valence-corrected chi connectivity index (χ0v) is 12.8. The summed E-state index contributed by atoms with van der Waals surface area (Å²) in [6.07, 6.45) is 8.97. The van der Waals surface area contributed by atoms with Gasteiger partial charge in [0, 0.05) is 12.1 Å². The quantitative estimate of drug-likeness (QED) is 0.869. The molecule has 1 aliphatic heterocycles. The van der Waals surface area contributed by atoms with Crippen LogP contribution in [0.2, 0.25) is 0 Å². The maximum absolute atomic E-state index is 13.2. The first-order valence-corrected chi connectivity index (χ1v) is 8.54. The van der Waals surface area contributed by atoms with Crippen LogP contribution < -0.4 is 10.6 Å². The number of hydrogen-bond acceptors (Lipinski definition) is 2. The maximum atomic E-state index is 13.2. The molecule has 0 aromatic heterocycles. The fraction of sp³-hybridized carbons (Fsp3) is 0.667. The molecule has 2 fully saturated rings. The van der Waals surface area contributed by atoms with Crippen molar-refractivity contribution in [1.82, 2.24) is 10.6 Å². The van der Waals surface area contributed by atoms with Gasteiger partial charge in [-0.15, -0.1) is 0 Å². The molecule has 116 valence electrons. The Labute approximate surface area is 127 Å². The van der Waals surface area contributed by atoms with E-state index in [9.17, 15) is 4.39 Å². The van der Waals surface area contributed by atoms with Gasteiger partial charge >= 0.3 is 0 Å². The van der Waals surface area contributed by atoms with Gasteiger partial charge in [-0.25, -0.2) is 4.39 Å². The molecule has 2 aliphatic rings. The Balaban J connectivity index is 1.47. The minimum absolute atomic E-state index is 0.127. The summed E-state index contributed by atoms with van der Waals surface area (Å²) >= 11 is 0. The molecule has 1 aromatic rings. The van der Waals surface area contributed by atoms with E-state index in [0.29, 0.717) is 12.1 Å². The molecule has 2 N–H and O–H groups in total. The molecule has 0 bridgehead atoms. The first kappa shape index (κ1) is 15.0. The Hall–Kier alpha value is -0.930. The van der Waals surface area contributed by atoms with Crippen molar-refractivity contribution in [3.8, 4) is 0 Å². The molecule has 1 heterocycles. The summed E-state index contributed by atoms with van der Waals surface area (Å²) in [5.74, 6) is 0.662. The summed E-state index contributed by atoms with van der Waals surface area (Å²) in [5, 5.41) is 7.45. The lowest BCUT2D eigenvalue weighted by atomic mass is 9.88. The normalized spacial score (nSPS) is 29.7. The Bertz CT molecular complexity index is 443. The standard InChI is InChI=1S/C18H27FN2/c19-15-6-3-5-14(13-15)10-12-21-18-9-4-7-16(18)17-8-1-2-11-20-17/h3,5-6,13,16-18,20-21H,1-2,4,7-12H2. The van der Waals surface area contributed by atoms with Crippen molar-refractivity contribution in [2.45, 2.75) is 57.0 Å². The van der Waals surface area contributed by atoms with Gasteiger partial charge in [0.15, 0.2) is 0 Å². The number of nitrogens with one attached hydrogen (secondary N) is 2. The molecule has 2 nitrogen and oxygen atoms in total. The second-order valence-electron chi connectivity index (χ2n) is 6.59. The molecule has 0 radical (unpaired) electrons. The van der Waals surface area contributed by atoms with Gasteiger partial charge in [0.05, 0.1) is 0 Å². The van der Waals surface area contributed by atoms with Crippen LogP contribution in [0.4, 0.5) is 4.39 Å². The van der Waals surface area contributed by atoms with Crippen LogP contribution in [0.25, 0.3) is 0 Å². The van der Waals surface area contributed by atoms with Gasteiger partial charge in [-0.3, -0.25) is 0 Å². The van der Waals surface area contributed by atoms with Crippen LogP contribution >= 0.6 is 0 Å². The van der Waals surface area contributed by atoms with E-state index >= 15 is 0 Å². The lowest BCUT2D eigenvalue weighted by Gasteiger charge is -2.33. The third kappa shape index (κ3) is 4.04. The van der Waals surface area contributed by atoms with Crippen molar-refractivity contribution < 1.29 is 4.39 Å². The highest BCUT2D eigenvalue weighted by molar-refractivity contribution is 5.16. The van der Waals surface area contributed by atoms with E-state index in [4.69, 9.17) is 0 Å². The molecule has 1 aliphatic carbocycles. The van der Waals surface area contributed by atoms with E-state index < -0.39 is 0 Å². The number of benzene rings is 1. The maximum Gasteiger partial charge on any atom is 0.123 e. The third-order valence-corrected chi connectivity index (χ3v) is 5.14. The summed E-state index contributed by atoms with van der Waals surface area (Å²) in [6, 6.07) is 8.34. The van der Waals surface area contributed by atoms with E-state index in [2.05, 4.69) is 10.6 Å². The van der Waals surface area contributed by atoms with Gasteiger partial charge in [0.2, 0.25) is 0 Å². The Kier molecular flexibility index (Phi) is 5.26. The van der Waals surface area contributed by atoms with Gasteiger partial charge in [-0.1, -0.05) is 25.0 Å². The number of halogens is 1. The molecule has 1 saturated carbocycles. The average molecular weight is 290 g/mol. The molecule has 1 aromatic carbocycles. The van der Waals surface area contributed by atoms with Crippen LogP contribution in [-0.4, -0.2) is 25.2 Å². The van der Waals surface area contributed by atoms with Crippen LogP contribution in [0, 0.1) is 11.7 Å². The summed E-state index contributed by atoms with van der Waals surface area (Å²) in [5.41, 5.74) is 1.09. The fourth-order valence-corrected chi connectivity index (χ4v) is 4.06. The van der Waals surface area contributed by atoms with Crippen LogP contribution in [0.3, 0.4) is 0 Å². The Morgan fingerprint density at radius 1 is 1.14 bits per heavy atom. The zero-order valence-electron chi connectivity index (χ0n) is 12.8. The molecule has 21 heavy (non-hydrogen) atoms. The van der Waals surface area contributed by atoms with Crippen molar-refractivity contribution in [1.29, 1.82) is 0 Å². The van der Waals surface area contributed by atoms with E-state index in [1.165, 1.54) is 51.1 Å². The first-order valence-electron chi connectivity index (χ1n) is 8.54. The molecule has 0 spiro atoms. The van der Waals surface area contributed by atoms with Crippen LogP contribution in [0.5, 0.6) is 0 Å². The van der Waals surface area contributed by atoms with Gasteiger partial charge in [-0.2, -0.15) is 0 Å². The molecular formula is C18H27FN2. The molecule has 3 rings (SSSR count). The highest BCUT2D eigenvalue weighted by Gasteiger charge is 2.33. The molecule has 3 unspecified atom stereocenters. The number of hydrogen-bond donors (Lipinski definition) is 2. The highest BCUT2D eigenvalue weighted by Crippen LogP contribution is 2.31. The van der Waals surface area contributed by atoms with Crippen LogP contribution in [-0.2, 0) is 6.42 Å². The second-order valence-corrected chi connectivity index (χ2v) is 6.59. The zero-order chi connectivity index (χ0) is 14.5. The van der Waals surface area contributed by atoms with Gasteiger partial charge in [0.25, 0.3) is 0 Å². The van der Waals surface area contributed by atoms with E-state index in [0.717, 1.165) is 24.4 Å². The summed E-state index contributed by atoms with van der Waals surface area (Å²) < 4.78 is 13.2. The van der Waals surface area contributed by atoms with Gasteiger partial charge < -0.3 is 10.6 Å². The highest BCUT2D eigenvalue weighted by atomic mass is 19.1. The third-order valence-electron chi connectivity index (χ3n) is 5.14. The van der Waals surface area contributed by atoms with Crippen LogP contribution in [0.15, 0.2) is 24.3 Å². The Morgan fingerprint density at radius 2 is 2.10 bits per heavy atom. The molecule has 1 saturated heterocycles. The topological polar surface area (TPSA) is 24.1 Å². The monoisotopic (exact) mass is 290 g/mol. The van der Waals surface area contributed by atoms with Crippen molar-refractivity contribution in [3.05, 3.63) is 35.6 Å². The van der Waals surface area contributed by atoms with Crippen molar-refractivity contribution in [2.75, 3.05) is 13.1 Å². The van der Waals surface area contributed by atoms with Gasteiger partial charge in [0.1, 0.15) is 5.82 Å². The second kappa shape index (κ2) is 7.37. The molecule has 3 atom stereocenters. The number of piperidine rings is 1. The van der Waals surface area contributed by atoms with E-state index in [1.54, 1.807) is 12.1 Å². The van der Waals surface area contributed by atoms with Crippen molar-refractivity contribution >= 4 is 0 Å². The summed E-state index contributed by atoms with van der Waals surface area (Å²) in [4.78, 5) is 0. The minimum Gasteiger partial charge on any atom is -0.314 e. The van der Waals surface area contributed by atoms with E-state index in [-0.39, 0.29) is 5.82 Å².